The molecule has 0 fully saturated rings. The summed E-state index contributed by atoms with van der Waals surface area (Å²) in [6, 6.07) is 13.0. The maximum Gasteiger partial charge on any atom is 0.255 e. The molecule has 0 saturated carbocycles. The third-order valence-corrected chi connectivity index (χ3v) is 6.26. The minimum absolute atomic E-state index is 0.0526. The highest BCUT2D eigenvalue weighted by molar-refractivity contribution is 7.92. The molecule has 7 heteroatoms. The predicted octanol–water partition coefficient (Wildman–Crippen LogP) is 3.19. The van der Waals surface area contributed by atoms with E-state index in [-0.39, 0.29) is 29.2 Å². The van der Waals surface area contributed by atoms with Crippen LogP contribution in [0.1, 0.15) is 43.6 Å². The van der Waals surface area contributed by atoms with Crippen LogP contribution in [-0.4, -0.2) is 31.5 Å². The van der Waals surface area contributed by atoms with E-state index in [4.69, 9.17) is 0 Å². The summed E-state index contributed by atoms with van der Waals surface area (Å²) >= 11 is 0. The fourth-order valence-corrected chi connectivity index (χ4v) is 3.60. The van der Waals surface area contributed by atoms with E-state index in [1.807, 2.05) is 13.8 Å². The van der Waals surface area contributed by atoms with Gasteiger partial charge in [0, 0.05) is 17.3 Å². The third kappa shape index (κ3) is 5.66. The smallest absolute Gasteiger partial charge is 0.255 e. The van der Waals surface area contributed by atoms with E-state index in [1.165, 1.54) is 24.3 Å². The average molecular weight is 403 g/mol. The van der Waals surface area contributed by atoms with Gasteiger partial charge in [-0.15, -0.1) is 0 Å². The minimum atomic E-state index is -3.37. The molecule has 2 amide bonds. The molecular weight excluding hydrogens is 376 g/mol. The Morgan fingerprint density at radius 1 is 0.893 bits per heavy atom. The van der Waals surface area contributed by atoms with Gasteiger partial charge in [0.05, 0.1) is 16.6 Å². The minimum Gasteiger partial charge on any atom is -0.354 e. The van der Waals surface area contributed by atoms with Gasteiger partial charge < -0.3 is 10.6 Å². The molecular formula is C21H26N2O4S. The normalized spacial score (nSPS) is 11.5. The molecule has 6 nitrogen and oxygen atoms in total. The number of carbonyl (C=O) groups excluding carboxylic acids is 2. The van der Waals surface area contributed by atoms with Crippen LogP contribution in [0.5, 0.6) is 0 Å². The number of nitrogens with one attached hydrogen (secondary N) is 2. The van der Waals surface area contributed by atoms with Crippen LogP contribution in [0.2, 0.25) is 0 Å². The quantitative estimate of drug-likeness (QED) is 0.744. The second-order valence-electron chi connectivity index (χ2n) is 7.17. The standard InChI is InChI=1S/C21H26N2O4S/c1-14(2)22-20(24)13-16-5-9-18(10-6-16)23-21(25)17-7-11-19(12-8-17)28(26,27)15(3)4/h5-12,14-15H,13H2,1-4H3,(H,22,24)(H,23,25). The van der Waals surface area contributed by atoms with Crippen molar-refractivity contribution in [1.82, 2.24) is 5.32 Å². The lowest BCUT2D eigenvalue weighted by atomic mass is 10.1. The second-order valence-corrected chi connectivity index (χ2v) is 9.67. The van der Waals surface area contributed by atoms with E-state index in [1.54, 1.807) is 38.1 Å². The van der Waals surface area contributed by atoms with Crippen LogP contribution in [-0.2, 0) is 21.1 Å². The highest BCUT2D eigenvalue weighted by atomic mass is 32.2. The topological polar surface area (TPSA) is 92.3 Å². The Morgan fingerprint density at radius 3 is 1.96 bits per heavy atom. The molecule has 2 N–H and O–H groups in total. The zero-order valence-electron chi connectivity index (χ0n) is 16.5. The van der Waals surface area contributed by atoms with Crippen LogP contribution < -0.4 is 10.6 Å². The van der Waals surface area contributed by atoms with Gasteiger partial charge in [0.1, 0.15) is 0 Å². The molecule has 0 unspecified atom stereocenters. The predicted molar refractivity (Wildman–Crippen MR) is 110 cm³/mol. The molecule has 0 aliphatic carbocycles. The number of hydrogen-bond donors (Lipinski definition) is 2. The van der Waals surface area contributed by atoms with Crippen molar-refractivity contribution in [2.24, 2.45) is 0 Å². The average Bonchev–Trinajstić information content (AvgIpc) is 2.62. The van der Waals surface area contributed by atoms with E-state index >= 15 is 0 Å². The first-order valence-corrected chi connectivity index (χ1v) is 10.7. The molecule has 0 aliphatic heterocycles. The fraction of sp³-hybridized carbons (Fsp3) is 0.333. The van der Waals surface area contributed by atoms with E-state index in [0.717, 1.165) is 5.56 Å². The summed E-state index contributed by atoms with van der Waals surface area (Å²) in [4.78, 5) is 24.4. The molecule has 0 bridgehead atoms. The van der Waals surface area contributed by atoms with Gasteiger partial charge in [0.15, 0.2) is 9.84 Å². The molecule has 0 saturated heterocycles. The Morgan fingerprint density at radius 2 is 1.46 bits per heavy atom. The first kappa shape index (κ1) is 21.6. The maximum absolute atomic E-state index is 12.4. The van der Waals surface area contributed by atoms with Crippen molar-refractivity contribution in [3.8, 4) is 0 Å². The Hall–Kier alpha value is -2.67. The van der Waals surface area contributed by atoms with Gasteiger partial charge in [-0.2, -0.15) is 0 Å². The summed E-state index contributed by atoms with van der Waals surface area (Å²) in [6.07, 6.45) is 0.276. The van der Waals surface area contributed by atoms with E-state index in [9.17, 15) is 18.0 Å². The van der Waals surface area contributed by atoms with Crippen molar-refractivity contribution >= 4 is 27.3 Å². The van der Waals surface area contributed by atoms with Crippen molar-refractivity contribution in [1.29, 1.82) is 0 Å². The van der Waals surface area contributed by atoms with Gasteiger partial charge in [-0.05, 0) is 69.7 Å². The number of hydrogen-bond acceptors (Lipinski definition) is 4. The lowest BCUT2D eigenvalue weighted by molar-refractivity contribution is -0.120. The van der Waals surface area contributed by atoms with Crippen molar-refractivity contribution in [3.05, 3.63) is 59.7 Å². The highest BCUT2D eigenvalue weighted by Gasteiger charge is 2.19. The summed E-state index contributed by atoms with van der Waals surface area (Å²) in [5, 5.41) is 5.07. The van der Waals surface area contributed by atoms with Crippen molar-refractivity contribution < 1.29 is 18.0 Å². The van der Waals surface area contributed by atoms with E-state index < -0.39 is 15.1 Å². The molecule has 0 atom stereocenters. The van der Waals surface area contributed by atoms with Crippen LogP contribution in [0.3, 0.4) is 0 Å². The van der Waals surface area contributed by atoms with Gasteiger partial charge in [0.2, 0.25) is 5.91 Å². The number of carbonyl (C=O) groups is 2. The Bertz CT molecular complexity index is 931. The lowest BCUT2D eigenvalue weighted by Gasteiger charge is -2.10. The monoisotopic (exact) mass is 402 g/mol. The Kier molecular flexibility index (Phi) is 6.96. The zero-order chi connectivity index (χ0) is 20.9. The summed E-state index contributed by atoms with van der Waals surface area (Å²) < 4.78 is 24.3. The largest absolute Gasteiger partial charge is 0.354 e. The molecule has 0 spiro atoms. The van der Waals surface area contributed by atoms with Crippen LogP contribution in [0.4, 0.5) is 5.69 Å². The fourth-order valence-electron chi connectivity index (χ4n) is 2.54. The zero-order valence-corrected chi connectivity index (χ0v) is 17.3. The molecule has 2 aromatic carbocycles. The number of rotatable bonds is 7. The van der Waals surface area contributed by atoms with Crippen LogP contribution in [0.25, 0.3) is 0 Å². The number of amides is 2. The van der Waals surface area contributed by atoms with Crippen LogP contribution in [0.15, 0.2) is 53.4 Å². The molecule has 28 heavy (non-hydrogen) atoms. The molecule has 0 aromatic heterocycles. The van der Waals surface area contributed by atoms with Gasteiger partial charge in [0.25, 0.3) is 5.91 Å². The summed E-state index contributed by atoms with van der Waals surface area (Å²) in [6.45, 7) is 7.04. The third-order valence-electron chi connectivity index (χ3n) is 4.09. The molecule has 2 rings (SSSR count). The second kappa shape index (κ2) is 9.01. The summed E-state index contributed by atoms with van der Waals surface area (Å²) in [7, 11) is -3.37. The Balaban J connectivity index is 2.02. The summed E-state index contributed by atoms with van der Waals surface area (Å²) in [5.74, 6) is -0.387. The lowest BCUT2D eigenvalue weighted by Crippen LogP contribution is -2.31. The van der Waals surface area contributed by atoms with Gasteiger partial charge in [-0.3, -0.25) is 9.59 Å². The summed E-state index contributed by atoms with van der Waals surface area (Å²) in [5.41, 5.74) is 1.80. The van der Waals surface area contributed by atoms with Crippen molar-refractivity contribution in [2.75, 3.05) is 5.32 Å². The van der Waals surface area contributed by atoms with E-state index in [2.05, 4.69) is 10.6 Å². The van der Waals surface area contributed by atoms with E-state index in [0.29, 0.717) is 11.3 Å². The van der Waals surface area contributed by atoms with Crippen molar-refractivity contribution in [3.63, 3.8) is 0 Å². The number of sulfone groups is 1. The Labute approximate surface area is 166 Å². The van der Waals surface area contributed by atoms with Crippen LogP contribution >= 0.6 is 0 Å². The first-order chi connectivity index (χ1) is 13.1. The molecule has 0 heterocycles. The number of anilines is 1. The van der Waals surface area contributed by atoms with Crippen molar-refractivity contribution in [2.45, 2.75) is 50.3 Å². The SMILES string of the molecule is CC(C)NC(=O)Cc1ccc(NC(=O)c2ccc(S(=O)(=O)C(C)C)cc2)cc1. The molecule has 2 aromatic rings. The van der Waals surface area contributed by atoms with Crippen LogP contribution in [0, 0.1) is 0 Å². The first-order valence-electron chi connectivity index (χ1n) is 9.13. The van der Waals surface area contributed by atoms with Gasteiger partial charge >= 0.3 is 0 Å². The highest BCUT2D eigenvalue weighted by Crippen LogP contribution is 2.18. The molecule has 0 radical (unpaired) electrons. The van der Waals surface area contributed by atoms with Gasteiger partial charge in [-0.1, -0.05) is 12.1 Å². The molecule has 0 aliphatic rings. The number of benzene rings is 2. The molecule has 150 valence electrons. The maximum atomic E-state index is 12.4. The van der Waals surface area contributed by atoms with Gasteiger partial charge in [-0.25, -0.2) is 8.42 Å².